The Kier molecular flexibility index (Phi) is 2.34. The summed E-state index contributed by atoms with van der Waals surface area (Å²) in [6.07, 6.45) is 0. The van der Waals surface area contributed by atoms with Crippen molar-refractivity contribution in [3.63, 3.8) is 0 Å². The number of aryl methyl sites for hydroxylation is 3. The molecule has 2 N–H and O–H groups in total. The molecule has 2 heterocycles. The van der Waals surface area contributed by atoms with Gasteiger partial charge in [0, 0.05) is 0 Å². The van der Waals surface area contributed by atoms with Crippen LogP contribution in [0.4, 0.5) is 10.2 Å². The van der Waals surface area contributed by atoms with E-state index in [4.69, 9.17) is 10.3 Å². The number of nitrogens with two attached hydrogens (primary N) is 1. The Bertz CT molecular complexity index is 507. The van der Waals surface area contributed by atoms with Crippen LogP contribution in [0.25, 0.3) is 11.4 Å². The molecule has 0 unspecified atom stereocenters. The van der Waals surface area contributed by atoms with Crippen LogP contribution >= 0.6 is 0 Å². The summed E-state index contributed by atoms with van der Waals surface area (Å²) in [5.41, 5.74) is 6.98. The Labute approximate surface area is 91.5 Å². The highest BCUT2D eigenvalue weighted by Gasteiger charge is 2.17. The predicted molar refractivity (Wildman–Crippen MR) is 56.1 cm³/mol. The second-order valence-electron chi connectivity index (χ2n) is 3.53. The first-order valence-electron chi connectivity index (χ1n) is 4.73. The fourth-order valence-corrected chi connectivity index (χ4v) is 1.50. The quantitative estimate of drug-likeness (QED) is 0.795. The molecule has 0 fully saturated rings. The Balaban J connectivity index is 2.66. The molecule has 2 aromatic rings. The van der Waals surface area contributed by atoms with Gasteiger partial charge in [0.2, 0.25) is 0 Å². The third-order valence-corrected chi connectivity index (χ3v) is 2.30. The van der Waals surface area contributed by atoms with E-state index >= 15 is 0 Å². The summed E-state index contributed by atoms with van der Waals surface area (Å²) in [7, 11) is 0. The third-order valence-electron chi connectivity index (χ3n) is 2.30. The van der Waals surface area contributed by atoms with Gasteiger partial charge >= 0.3 is 0 Å². The molecule has 5 nitrogen and oxygen atoms in total. The summed E-state index contributed by atoms with van der Waals surface area (Å²) in [4.78, 5) is 7.92. The minimum atomic E-state index is -0.587. The Morgan fingerprint density at radius 2 is 1.81 bits per heavy atom. The summed E-state index contributed by atoms with van der Waals surface area (Å²) in [6.45, 7) is 5.05. The molecule has 0 saturated heterocycles. The van der Waals surface area contributed by atoms with E-state index < -0.39 is 5.82 Å². The van der Waals surface area contributed by atoms with Crippen LogP contribution in [0.1, 0.15) is 17.1 Å². The van der Waals surface area contributed by atoms with Gasteiger partial charge in [-0.2, -0.15) is 0 Å². The molecule has 0 radical (unpaired) electrons. The first kappa shape index (κ1) is 10.5. The van der Waals surface area contributed by atoms with Gasteiger partial charge in [-0.15, -0.1) is 0 Å². The van der Waals surface area contributed by atoms with Gasteiger partial charge in [-0.3, -0.25) is 0 Å². The van der Waals surface area contributed by atoms with Crippen molar-refractivity contribution in [3.8, 4) is 11.4 Å². The summed E-state index contributed by atoms with van der Waals surface area (Å²) >= 11 is 0. The van der Waals surface area contributed by atoms with E-state index in [-0.39, 0.29) is 11.5 Å². The SMILES string of the molecule is Cc1nc(-c2c(C)noc2C)nc(N)c1F. The normalized spacial score (nSPS) is 10.8. The van der Waals surface area contributed by atoms with Gasteiger partial charge in [-0.05, 0) is 20.8 Å². The molecule has 0 bridgehead atoms. The van der Waals surface area contributed by atoms with Crippen LogP contribution < -0.4 is 5.73 Å². The zero-order chi connectivity index (χ0) is 11.9. The van der Waals surface area contributed by atoms with Crippen LogP contribution in [-0.4, -0.2) is 15.1 Å². The molecule has 0 atom stereocenters. The van der Waals surface area contributed by atoms with Gasteiger partial charge in [-0.25, -0.2) is 14.4 Å². The van der Waals surface area contributed by atoms with Gasteiger partial charge in [0.05, 0.1) is 17.0 Å². The lowest BCUT2D eigenvalue weighted by molar-refractivity contribution is 0.393. The average Bonchev–Trinajstić information content (AvgIpc) is 2.54. The second-order valence-corrected chi connectivity index (χ2v) is 3.53. The number of hydrogen-bond donors (Lipinski definition) is 1. The maximum absolute atomic E-state index is 13.3. The number of nitrogens with zero attached hydrogens (tertiary/aromatic N) is 3. The molecular formula is C10H11FN4O. The molecule has 2 aromatic heterocycles. The summed E-state index contributed by atoms with van der Waals surface area (Å²) < 4.78 is 18.3. The number of nitrogen functional groups attached to an aromatic ring is 1. The maximum Gasteiger partial charge on any atom is 0.186 e. The van der Waals surface area contributed by atoms with E-state index in [9.17, 15) is 4.39 Å². The maximum atomic E-state index is 13.3. The zero-order valence-corrected chi connectivity index (χ0v) is 9.21. The van der Waals surface area contributed by atoms with Crippen LogP contribution in [-0.2, 0) is 0 Å². The van der Waals surface area contributed by atoms with Crippen molar-refractivity contribution in [2.24, 2.45) is 0 Å². The average molecular weight is 222 g/mol. The number of hydrogen-bond acceptors (Lipinski definition) is 5. The molecular weight excluding hydrogens is 211 g/mol. The Hall–Kier alpha value is -1.98. The fourth-order valence-electron chi connectivity index (χ4n) is 1.50. The van der Waals surface area contributed by atoms with E-state index in [1.54, 1.807) is 13.8 Å². The van der Waals surface area contributed by atoms with Crippen LogP contribution in [0, 0.1) is 26.6 Å². The minimum Gasteiger partial charge on any atom is -0.381 e. The number of anilines is 1. The fraction of sp³-hybridized carbons (Fsp3) is 0.300. The number of rotatable bonds is 1. The molecule has 0 aliphatic rings. The third kappa shape index (κ3) is 1.52. The van der Waals surface area contributed by atoms with Crippen molar-refractivity contribution < 1.29 is 8.91 Å². The van der Waals surface area contributed by atoms with Crippen molar-refractivity contribution in [3.05, 3.63) is 23.0 Å². The molecule has 16 heavy (non-hydrogen) atoms. The molecule has 0 amide bonds. The van der Waals surface area contributed by atoms with Gasteiger partial charge in [0.1, 0.15) is 5.76 Å². The zero-order valence-electron chi connectivity index (χ0n) is 9.21. The number of aromatic nitrogens is 3. The van der Waals surface area contributed by atoms with E-state index in [2.05, 4.69) is 15.1 Å². The van der Waals surface area contributed by atoms with Crippen molar-refractivity contribution in [2.75, 3.05) is 5.73 Å². The van der Waals surface area contributed by atoms with Crippen molar-refractivity contribution >= 4 is 5.82 Å². The molecule has 84 valence electrons. The smallest absolute Gasteiger partial charge is 0.186 e. The van der Waals surface area contributed by atoms with E-state index in [0.29, 0.717) is 22.8 Å². The molecule has 6 heteroatoms. The molecule has 0 aromatic carbocycles. The molecule has 2 rings (SSSR count). The standard InChI is InChI=1S/C10H11FN4O/c1-4-7(6(3)16-15-4)10-13-5(2)8(11)9(12)14-10/h1-3H3,(H2,12,13,14). The van der Waals surface area contributed by atoms with Gasteiger partial charge in [0.25, 0.3) is 0 Å². The van der Waals surface area contributed by atoms with Crippen LogP contribution in [0.3, 0.4) is 0 Å². The lowest BCUT2D eigenvalue weighted by Crippen LogP contribution is -2.03. The van der Waals surface area contributed by atoms with E-state index in [1.165, 1.54) is 6.92 Å². The highest BCUT2D eigenvalue weighted by Crippen LogP contribution is 2.25. The predicted octanol–water partition coefficient (Wildman–Crippen LogP) is 1.78. The van der Waals surface area contributed by atoms with Crippen LogP contribution in [0.2, 0.25) is 0 Å². The van der Waals surface area contributed by atoms with Gasteiger partial charge in [0.15, 0.2) is 17.5 Å². The lowest BCUT2D eigenvalue weighted by atomic mass is 10.2. The van der Waals surface area contributed by atoms with E-state index in [1.807, 2.05) is 0 Å². The monoisotopic (exact) mass is 222 g/mol. The largest absolute Gasteiger partial charge is 0.381 e. The summed E-state index contributed by atoms with van der Waals surface area (Å²) in [5.74, 6) is 0.175. The first-order valence-corrected chi connectivity index (χ1v) is 4.73. The topological polar surface area (TPSA) is 77.8 Å². The summed E-state index contributed by atoms with van der Waals surface area (Å²) in [6, 6.07) is 0. The van der Waals surface area contributed by atoms with E-state index in [0.717, 1.165) is 0 Å². The minimum absolute atomic E-state index is 0.164. The first-order chi connectivity index (χ1) is 7.50. The second kappa shape index (κ2) is 3.55. The highest BCUT2D eigenvalue weighted by molar-refractivity contribution is 5.61. The Morgan fingerprint density at radius 1 is 1.12 bits per heavy atom. The van der Waals surface area contributed by atoms with Crippen LogP contribution in [0.15, 0.2) is 4.52 Å². The van der Waals surface area contributed by atoms with Gasteiger partial charge in [-0.1, -0.05) is 5.16 Å². The molecule has 0 saturated carbocycles. The molecule has 0 spiro atoms. The lowest BCUT2D eigenvalue weighted by Gasteiger charge is -2.03. The van der Waals surface area contributed by atoms with Crippen molar-refractivity contribution in [1.82, 2.24) is 15.1 Å². The van der Waals surface area contributed by atoms with Gasteiger partial charge < -0.3 is 10.3 Å². The number of halogens is 1. The molecule has 0 aliphatic carbocycles. The summed E-state index contributed by atoms with van der Waals surface area (Å²) in [5, 5.41) is 3.78. The van der Waals surface area contributed by atoms with Crippen molar-refractivity contribution in [2.45, 2.75) is 20.8 Å². The Morgan fingerprint density at radius 3 is 2.31 bits per heavy atom. The van der Waals surface area contributed by atoms with Crippen LogP contribution in [0.5, 0.6) is 0 Å². The molecule has 0 aliphatic heterocycles. The highest BCUT2D eigenvalue weighted by atomic mass is 19.1. The van der Waals surface area contributed by atoms with Crippen molar-refractivity contribution in [1.29, 1.82) is 0 Å².